The molecule has 31 heteroatoms. The van der Waals surface area contributed by atoms with Crippen molar-refractivity contribution in [2.45, 2.75) is 163 Å². The Morgan fingerprint density at radius 2 is 1.42 bits per heavy atom. The molecule has 5 aromatic carbocycles. The standard InChI is InChI=1S/C82H103ClF3N11O12S4/c1-55(57-18-20-59(21-19-57)74-56(2)87-54-111-74)88-77(102)70-48-65(98)52-97(70)78(103)75(80(3,4)5)90-72(99)16-12-7-8-13-17-73(100)95-40-42-96(43-41-95)79(104)81(6)34-32-68(58-22-26-62(83)27-23-58)61(50-81)51-93-36-38-94(39-37-93)64-28-24-60(25-29-64)76(101)91-113(107,108)67-30-31-69(71(49-67)112(105,106)82(84,85)86)89-63(33-35-92-44-46-109-47-45-92)53-110-66-14-10-9-11-15-66/h9-11,14-15,18-31,49,54-55,63,65,70,75,89,98H,7-8,12-13,16-17,32-48,50-53H2,1-6H3,(H,88,102)(H,90,99)(H,91,101)/t55-,63+,65+,70-,75+,81?/m0/s1. The van der Waals surface area contributed by atoms with E-state index >= 15 is 0 Å². The van der Waals surface area contributed by atoms with Gasteiger partial charge in [-0.2, -0.15) is 13.2 Å². The van der Waals surface area contributed by atoms with Gasteiger partial charge in [-0.05, 0) is 147 Å². The quantitative estimate of drug-likeness (QED) is 0.0207. The minimum absolute atomic E-state index is 0.0130. The molecular weight excluding hydrogens is 1550 g/mol. The van der Waals surface area contributed by atoms with E-state index < -0.39 is 87.7 Å². The molecule has 0 radical (unpaired) electrons. The van der Waals surface area contributed by atoms with Gasteiger partial charge < -0.3 is 45.4 Å². The van der Waals surface area contributed by atoms with E-state index in [9.17, 15) is 63.9 Å². The number of sulfonamides is 1. The number of hydrogen-bond donors (Lipinski definition) is 5. The maximum Gasteiger partial charge on any atom is 0.501 e. The summed E-state index contributed by atoms with van der Waals surface area (Å²) in [6, 6.07) is 30.7. The smallest absolute Gasteiger partial charge is 0.391 e. The van der Waals surface area contributed by atoms with E-state index in [-0.39, 0.29) is 54.6 Å². The summed E-state index contributed by atoms with van der Waals surface area (Å²) in [6.45, 7) is 19.0. The molecule has 6 amide bonds. The number of alkyl halides is 3. The van der Waals surface area contributed by atoms with Crippen LogP contribution in [-0.2, 0) is 48.6 Å². The summed E-state index contributed by atoms with van der Waals surface area (Å²) in [4.78, 5) is 99.5. The van der Waals surface area contributed by atoms with Crippen molar-refractivity contribution in [3.05, 3.63) is 160 Å². The molecule has 11 rings (SSSR count). The summed E-state index contributed by atoms with van der Waals surface area (Å²) >= 11 is 9.36. The molecule has 5 heterocycles. The number of morpholine rings is 1. The fourth-order valence-corrected chi connectivity index (χ4v) is 19.3. The SMILES string of the molecule is Cc1ncsc1-c1ccc([C@H](C)NC(=O)[C@@H]2C[C@@H](O)CN2C(=O)[C@@H](NC(=O)CCCCCCC(=O)N2CCN(C(=O)C3(C)CCC(c4ccc(Cl)cc4)=C(CN4CCN(c5ccc(C(=O)NS(=O)(=O)c6ccc(N[C@H](CCN7CCOCC7)CSc7ccccc7)c(S(=O)(=O)C(F)(F)F)c6)cc5)CC4)C3)CC2)C(C)(C)C)cc1. The van der Waals surface area contributed by atoms with Gasteiger partial charge in [-0.25, -0.2) is 26.5 Å². The zero-order valence-corrected chi connectivity index (χ0v) is 68.8. The van der Waals surface area contributed by atoms with Gasteiger partial charge in [0.25, 0.3) is 25.8 Å². The molecule has 4 fully saturated rings. The van der Waals surface area contributed by atoms with Gasteiger partial charge >= 0.3 is 5.51 Å². The van der Waals surface area contributed by atoms with E-state index in [2.05, 4.69) is 35.6 Å². The highest BCUT2D eigenvalue weighted by molar-refractivity contribution is 7.99. The van der Waals surface area contributed by atoms with Crippen LogP contribution in [0.2, 0.25) is 5.02 Å². The Morgan fingerprint density at radius 3 is 2.07 bits per heavy atom. The van der Waals surface area contributed by atoms with E-state index in [1.54, 1.807) is 29.0 Å². The number of β-amino-alcohol motifs (C(OH)–C–C–N with tert-alkyl or cyclic N) is 1. The topological polar surface area (TPSA) is 281 Å². The predicted octanol–water partition coefficient (Wildman–Crippen LogP) is 11.6. The summed E-state index contributed by atoms with van der Waals surface area (Å²) in [6.07, 6.45) is 4.44. The molecule has 0 spiro atoms. The van der Waals surface area contributed by atoms with Crippen LogP contribution in [-0.4, -0.2) is 221 Å². The van der Waals surface area contributed by atoms with E-state index in [4.69, 9.17) is 16.3 Å². The summed E-state index contributed by atoms with van der Waals surface area (Å²) in [7, 11) is -11.1. The van der Waals surface area contributed by atoms with Crippen molar-refractivity contribution in [1.29, 1.82) is 0 Å². The van der Waals surface area contributed by atoms with Gasteiger partial charge in [0.05, 0.1) is 57.4 Å². The third-order valence-electron chi connectivity index (χ3n) is 22.0. The molecule has 610 valence electrons. The van der Waals surface area contributed by atoms with Crippen LogP contribution in [0.4, 0.5) is 24.5 Å². The van der Waals surface area contributed by atoms with Crippen molar-refractivity contribution < 1.29 is 68.6 Å². The van der Waals surface area contributed by atoms with Crippen LogP contribution in [0.1, 0.15) is 138 Å². The molecule has 0 saturated carbocycles. The van der Waals surface area contributed by atoms with Crippen LogP contribution in [0.3, 0.4) is 0 Å². The van der Waals surface area contributed by atoms with Crippen LogP contribution in [0.15, 0.2) is 147 Å². The predicted molar refractivity (Wildman–Crippen MR) is 433 cm³/mol. The molecule has 1 aliphatic carbocycles. The number of nitrogens with one attached hydrogen (secondary N) is 4. The minimum atomic E-state index is -6.12. The van der Waals surface area contributed by atoms with Gasteiger partial charge in [0.1, 0.15) is 17.0 Å². The maximum atomic E-state index is 14.8. The first-order chi connectivity index (χ1) is 53.7. The number of amides is 6. The molecule has 0 bridgehead atoms. The van der Waals surface area contributed by atoms with Crippen molar-refractivity contribution in [2.75, 3.05) is 114 Å². The Hall–Kier alpha value is -7.94. The molecule has 5 aliphatic rings. The van der Waals surface area contributed by atoms with Crippen LogP contribution >= 0.6 is 34.7 Å². The highest BCUT2D eigenvalue weighted by Gasteiger charge is 2.50. The summed E-state index contributed by atoms with van der Waals surface area (Å²) in [5, 5.41) is 20.4. The fraction of sp³-hybridized carbons (Fsp3) is 0.500. The number of aliphatic hydroxyl groups is 1. The molecule has 6 aromatic rings. The van der Waals surface area contributed by atoms with Gasteiger partial charge in [0, 0.05) is 137 Å². The maximum absolute atomic E-state index is 14.8. The number of benzene rings is 5. The normalized spacial score (nSPS) is 19.8. The van der Waals surface area contributed by atoms with Crippen molar-refractivity contribution >= 4 is 107 Å². The van der Waals surface area contributed by atoms with E-state index in [1.165, 1.54) is 34.4 Å². The lowest BCUT2D eigenvalue weighted by Crippen LogP contribution is -2.57. The lowest BCUT2D eigenvalue weighted by molar-refractivity contribution is -0.146. The van der Waals surface area contributed by atoms with Crippen LogP contribution in [0.25, 0.3) is 16.0 Å². The highest BCUT2D eigenvalue weighted by atomic mass is 35.5. The number of likely N-dealkylation sites (tertiary alicyclic amines) is 1. The first kappa shape index (κ1) is 85.9. The molecular formula is C82H103ClF3N11O12S4. The van der Waals surface area contributed by atoms with Gasteiger partial charge in [-0.1, -0.05) is 112 Å². The number of aryl methyl sites for hydroxylation is 1. The van der Waals surface area contributed by atoms with E-state index in [0.29, 0.717) is 166 Å². The van der Waals surface area contributed by atoms with Crippen LogP contribution in [0, 0.1) is 17.8 Å². The molecule has 6 atom stereocenters. The third kappa shape index (κ3) is 22.2. The number of aliphatic hydroxyl groups excluding tert-OH is 1. The number of anilines is 2. The number of allylic oxidation sites excluding steroid dienone is 1. The number of hydrogen-bond acceptors (Lipinski definition) is 19. The number of aromatic nitrogens is 1. The number of thioether (sulfide) groups is 1. The molecule has 113 heavy (non-hydrogen) atoms. The van der Waals surface area contributed by atoms with Crippen molar-refractivity contribution in [2.24, 2.45) is 10.8 Å². The highest BCUT2D eigenvalue weighted by Crippen LogP contribution is 2.45. The fourth-order valence-electron chi connectivity index (χ4n) is 15.4. The second-order valence-corrected chi connectivity index (χ2v) is 37.3. The Morgan fingerprint density at radius 1 is 0.770 bits per heavy atom. The number of rotatable bonds is 30. The van der Waals surface area contributed by atoms with E-state index in [0.717, 1.165) is 55.6 Å². The number of unbranched alkanes of at least 4 members (excludes halogenated alkanes) is 3. The number of carbonyl (C=O) groups excluding carboxylic acids is 6. The average Bonchev–Trinajstić information content (AvgIpc) is 1.81. The first-order valence-electron chi connectivity index (χ1n) is 38.7. The molecule has 1 aromatic heterocycles. The van der Waals surface area contributed by atoms with Gasteiger partial charge in [0.15, 0.2) is 0 Å². The van der Waals surface area contributed by atoms with Gasteiger partial charge in [-0.15, -0.1) is 23.1 Å². The molecule has 4 aliphatic heterocycles. The molecule has 5 N–H and O–H groups in total. The number of thiazole rings is 1. The Balaban J connectivity index is 0.628. The Bertz CT molecular complexity index is 4590. The molecule has 23 nitrogen and oxygen atoms in total. The number of carbonyl (C=O) groups is 6. The largest absolute Gasteiger partial charge is 0.501 e. The second-order valence-electron chi connectivity index (χ2n) is 31.4. The lowest BCUT2D eigenvalue weighted by Gasteiger charge is -2.43. The van der Waals surface area contributed by atoms with Crippen LogP contribution in [0.5, 0.6) is 0 Å². The zero-order valence-electron chi connectivity index (χ0n) is 64.8. The molecule has 4 saturated heterocycles. The molecule has 1 unspecified atom stereocenters. The van der Waals surface area contributed by atoms with Gasteiger partial charge in [0.2, 0.25) is 29.5 Å². The third-order valence-corrected chi connectivity index (χ3v) is 27.3. The summed E-state index contributed by atoms with van der Waals surface area (Å²) in [5.41, 5.74) is 1.05. The van der Waals surface area contributed by atoms with Gasteiger partial charge in [-0.3, -0.25) is 38.6 Å². The average molecular weight is 1660 g/mol. The first-order valence-corrected chi connectivity index (χ1v) is 43.9. The second kappa shape index (κ2) is 37.8. The lowest BCUT2D eigenvalue weighted by atomic mass is 9.70. The number of halogens is 4. The number of nitrogens with zero attached hydrogens (tertiary/aromatic N) is 7. The zero-order chi connectivity index (χ0) is 81.0. The summed E-state index contributed by atoms with van der Waals surface area (Å²) < 4.78 is 105. The van der Waals surface area contributed by atoms with Crippen LogP contribution < -0.4 is 25.6 Å². The van der Waals surface area contributed by atoms with Crippen molar-refractivity contribution in [3.63, 3.8) is 0 Å². The number of sulfone groups is 1. The number of piperazine rings is 2. The van der Waals surface area contributed by atoms with E-state index in [1.807, 2.05) is 135 Å². The Labute approximate surface area is 674 Å². The number of ether oxygens (including phenoxy) is 1. The summed E-state index contributed by atoms with van der Waals surface area (Å²) in [5.74, 6) is -1.80. The minimum Gasteiger partial charge on any atom is -0.391 e. The van der Waals surface area contributed by atoms with Crippen molar-refractivity contribution in [1.82, 2.24) is 44.8 Å². The van der Waals surface area contributed by atoms with Crippen molar-refractivity contribution in [3.8, 4) is 10.4 Å². The Kier molecular flexibility index (Phi) is 28.7. The monoisotopic (exact) mass is 1650 g/mol.